The number of nitrogens with zero attached hydrogens (tertiary/aromatic N) is 5. The number of nitrogens with one attached hydrogen (secondary N) is 2. The molecule has 11 N–H and O–H groups in total. The van der Waals surface area contributed by atoms with Gasteiger partial charge in [0.1, 0.15) is 5.75 Å². The van der Waals surface area contributed by atoms with E-state index in [1.54, 1.807) is 19.1 Å². The topological polar surface area (TPSA) is 211 Å². The minimum Gasteiger partial charge on any atom is -0.506 e. The van der Waals surface area contributed by atoms with Crippen molar-refractivity contribution in [1.29, 1.82) is 0 Å². The van der Waals surface area contributed by atoms with Crippen LogP contribution >= 0.6 is 0 Å². The number of phenolic OH excluding ortho intramolecular Hbond substituents is 1. The highest BCUT2D eigenvalue weighted by molar-refractivity contribution is 5.92. The van der Waals surface area contributed by atoms with Crippen molar-refractivity contribution in [3.63, 3.8) is 0 Å². The molecule has 2 aliphatic rings. The van der Waals surface area contributed by atoms with Gasteiger partial charge in [-0.1, -0.05) is 6.92 Å². The average molecular weight is 486 g/mol. The second kappa shape index (κ2) is 10.6. The molecule has 2 saturated heterocycles. The van der Waals surface area contributed by atoms with E-state index in [0.29, 0.717) is 55.9 Å². The van der Waals surface area contributed by atoms with E-state index in [1.165, 1.54) is 6.07 Å². The first-order valence-corrected chi connectivity index (χ1v) is 11.9. The van der Waals surface area contributed by atoms with Crippen LogP contribution in [0.3, 0.4) is 0 Å². The van der Waals surface area contributed by atoms with Crippen LogP contribution in [0.1, 0.15) is 26.2 Å². The third-order valence-corrected chi connectivity index (χ3v) is 6.06. The lowest BCUT2D eigenvalue weighted by Gasteiger charge is -2.37. The molecule has 4 rings (SSSR count). The molecule has 35 heavy (non-hydrogen) atoms. The number of rotatable bonds is 6. The smallest absolute Gasteiger partial charge is 0.233 e. The highest BCUT2D eigenvalue weighted by Gasteiger charge is 2.28. The molecule has 2 aliphatic heterocycles. The first kappa shape index (κ1) is 24.9. The van der Waals surface area contributed by atoms with Crippen molar-refractivity contribution in [1.82, 2.24) is 15.0 Å². The number of nitrogens with two attached hydrogens (primary N) is 4. The molecule has 4 atom stereocenters. The van der Waals surface area contributed by atoms with E-state index in [1.807, 2.05) is 9.80 Å². The number of anilines is 5. The number of aromatic hydroxyl groups is 1. The van der Waals surface area contributed by atoms with Crippen molar-refractivity contribution < 1.29 is 9.90 Å². The molecule has 0 spiro atoms. The molecule has 3 heterocycles. The van der Waals surface area contributed by atoms with Crippen molar-refractivity contribution in [2.75, 3.05) is 46.6 Å². The Kier molecular flexibility index (Phi) is 7.50. The molecular formula is C22H35N11O2. The van der Waals surface area contributed by atoms with E-state index in [9.17, 15) is 9.90 Å². The highest BCUT2D eigenvalue weighted by Crippen LogP contribution is 2.29. The van der Waals surface area contributed by atoms with Gasteiger partial charge in [0, 0.05) is 68.5 Å². The standard InChI is InChI=1S/C22H35N11O2/c1-2-19(35)28-17-4-3-16(7-18(17)34)27-20-29-21(32-8-12(23)5-13(24)9-32)31-22(30-20)33-10-14(25)6-15(26)11-33/h3-4,7,12-15,34H,2,5-6,8-11,23-26H2,1H3,(H,28,35)(H,27,29,30,31)/t12-,13+,14-,15+. The Labute approximate surface area is 204 Å². The third kappa shape index (κ3) is 6.25. The van der Waals surface area contributed by atoms with Crippen LogP contribution in [0.25, 0.3) is 0 Å². The van der Waals surface area contributed by atoms with Gasteiger partial charge in [-0.15, -0.1) is 0 Å². The summed E-state index contributed by atoms with van der Waals surface area (Å²) < 4.78 is 0. The lowest BCUT2D eigenvalue weighted by Crippen LogP contribution is -2.54. The number of carbonyl (C=O) groups is 1. The lowest BCUT2D eigenvalue weighted by atomic mass is 10.0. The summed E-state index contributed by atoms with van der Waals surface area (Å²) in [5.74, 6) is 0.921. The minimum absolute atomic E-state index is 0.0766. The molecule has 13 heteroatoms. The zero-order valence-electron chi connectivity index (χ0n) is 19.9. The predicted octanol–water partition coefficient (Wildman–Crippen LogP) is -0.601. The van der Waals surface area contributed by atoms with Crippen LogP contribution in [-0.4, -0.2) is 76.3 Å². The molecule has 0 unspecified atom stereocenters. The fourth-order valence-corrected chi connectivity index (χ4v) is 4.46. The Morgan fingerprint density at radius 2 is 1.46 bits per heavy atom. The van der Waals surface area contributed by atoms with E-state index < -0.39 is 0 Å². The zero-order chi connectivity index (χ0) is 25.1. The van der Waals surface area contributed by atoms with Crippen molar-refractivity contribution in [3.8, 4) is 5.75 Å². The number of piperidine rings is 2. The van der Waals surface area contributed by atoms with Crippen molar-refractivity contribution in [2.45, 2.75) is 50.4 Å². The van der Waals surface area contributed by atoms with Crippen LogP contribution in [0.15, 0.2) is 18.2 Å². The first-order valence-electron chi connectivity index (χ1n) is 11.9. The van der Waals surface area contributed by atoms with Crippen molar-refractivity contribution in [3.05, 3.63) is 18.2 Å². The van der Waals surface area contributed by atoms with Gasteiger partial charge in [-0.2, -0.15) is 15.0 Å². The van der Waals surface area contributed by atoms with Crippen molar-refractivity contribution >= 4 is 35.1 Å². The molecule has 190 valence electrons. The van der Waals surface area contributed by atoms with Crippen LogP contribution in [-0.2, 0) is 4.79 Å². The van der Waals surface area contributed by atoms with Crippen LogP contribution in [0.5, 0.6) is 5.75 Å². The molecule has 1 aromatic carbocycles. The number of benzene rings is 1. The second-order valence-electron chi connectivity index (χ2n) is 9.34. The summed E-state index contributed by atoms with van der Waals surface area (Å²) >= 11 is 0. The Hall–Kier alpha value is -3.26. The maximum atomic E-state index is 11.7. The summed E-state index contributed by atoms with van der Waals surface area (Å²) in [5.41, 5.74) is 25.7. The summed E-state index contributed by atoms with van der Waals surface area (Å²) in [6.45, 7) is 4.03. The van der Waals surface area contributed by atoms with Crippen LogP contribution < -0.4 is 43.4 Å². The largest absolute Gasteiger partial charge is 0.506 e. The Morgan fingerprint density at radius 3 is 1.91 bits per heavy atom. The molecule has 1 amide bonds. The fraction of sp³-hybridized carbons (Fsp3) is 0.545. The van der Waals surface area contributed by atoms with Crippen molar-refractivity contribution in [2.24, 2.45) is 22.9 Å². The summed E-state index contributed by atoms with van der Waals surface area (Å²) in [7, 11) is 0. The van der Waals surface area contributed by atoms with E-state index >= 15 is 0 Å². The van der Waals surface area contributed by atoms with E-state index in [4.69, 9.17) is 27.9 Å². The molecule has 2 fully saturated rings. The number of amides is 1. The van der Waals surface area contributed by atoms with Gasteiger partial charge >= 0.3 is 0 Å². The highest BCUT2D eigenvalue weighted by atomic mass is 16.3. The minimum atomic E-state index is -0.191. The summed E-state index contributed by atoms with van der Waals surface area (Å²) in [5, 5.41) is 16.2. The van der Waals surface area contributed by atoms with Gasteiger partial charge in [0.05, 0.1) is 5.69 Å². The molecule has 2 aromatic rings. The second-order valence-corrected chi connectivity index (χ2v) is 9.34. The predicted molar refractivity (Wildman–Crippen MR) is 136 cm³/mol. The molecule has 0 radical (unpaired) electrons. The summed E-state index contributed by atoms with van der Waals surface area (Å²) in [4.78, 5) is 29.5. The average Bonchev–Trinajstić information content (AvgIpc) is 2.79. The monoisotopic (exact) mass is 485 g/mol. The number of hydrogen-bond donors (Lipinski definition) is 7. The SMILES string of the molecule is CCC(=O)Nc1ccc(Nc2nc(N3C[C@H](N)C[C@H](N)C3)nc(N3C[C@H](N)C[C@H](N)C3)n2)cc1O. The van der Waals surface area contributed by atoms with Crippen LogP contribution in [0.4, 0.5) is 29.2 Å². The van der Waals surface area contributed by atoms with E-state index in [0.717, 1.165) is 12.8 Å². The number of phenols is 1. The van der Waals surface area contributed by atoms with Gasteiger partial charge in [0.2, 0.25) is 23.8 Å². The lowest BCUT2D eigenvalue weighted by molar-refractivity contribution is -0.115. The quantitative estimate of drug-likeness (QED) is 0.256. The number of hydrogen-bond acceptors (Lipinski definition) is 12. The van der Waals surface area contributed by atoms with Crippen LogP contribution in [0, 0.1) is 0 Å². The fourth-order valence-electron chi connectivity index (χ4n) is 4.46. The van der Waals surface area contributed by atoms with Gasteiger partial charge in [0.15, 0.2) is 0 Å². The molecule has 0 bridgehead atoms. The molecule has 13 nitrogen and oxygen atoms in total. The Bertz CT molecular complexity index is 988. The van der Waals surface area contributed by atoms with Gasteiger partial charge in [0.25, 0.3) is 0 Å². The number of aromatic nitrogens is 3. The van der Waals surface area contributed by atoms with E-state index in [-0.39, 0.29) is 41.8 Å². The molecule has 1 aromatic heterocycles. The van der Waals surface area contributed by atoms with Gasteiger partial charge in [-0.05, 0) is 25.0 Å². The normalized spacial score (nSPS) is 24.8. The van der Waals surface area contributed by atoms with E-state index in [2.05, 4.69) is 20.6 Å². The summed E-state index contributed by atoms with van der Waals surface area (Å²) in [6.07, 6.45) is 1.77. The molecule has 0 aliphatic carbocycles. The summed E-state index contributed by atoms with van der Waals surface area (Å²) in [6, 6.07) is 4.47. The number of carbonyl (C=O) groups excluding carboxylic acids is 1. The van der Waals surface area contributed by atoms with Crippen LogP contribution in [0.2, 0.25) is 0 Å². The van der Waals surface area contributed by atoms with Gasteiger partial charge in [-0.3, -0.25) is 4.79 Å². The van der Waals surface area contributed by atoms with Gasteiger partial charge < -0.3 is 48.5 Å². The Morgan fingerprint density at radius 1 is 0.943 bits per heavy atom. The molecule has 0 saturated carbocycles. The first-order chi connectivity index (χ1) is 16.7. The zero-order valence-corrected chi connectivity index (χ0v) is 19.9. The maximum absolute atomic E-state index is 11.7. The Balaban J connectivity index is 1.64. The molecular weight excluding hydrogens is 450 g/mol. The third-order valence-electron chi connectivity index (χ3n) is 6.06. The van der Waals surface area contributed by atoms with Gasteiger partial charge in [-0.25, -0.2) is 0 Å². The maximum Gasteiger partial charge on any atom is 0.233 e.